The summed E-state index contributed by atoms with van der Waals surface area (Å²) < 4.78 is 5.03. The fourth-order valence-corrected chi connectivity index (χ4v) is 2.62. The number of ether oxygens (including phenoxy) is 1. The van der Waals surface area contributed by atoms with E-state index in [1.54, 1.807) is 31.4 Å². The fourth-order valence-electron chi connectivity index (χ4n) is 1.84. The highest BCUT2D eigenvalue weighted by atomic mass is 32.2. The van der Waals surface area contributed by atoms with Gasteiger partial charge in [-0.2, -0.15) is 0 Å². The number of amides is 3. The summed E-state index contributed by atoms with van der Waals surface area (Å²) in [7, 11) is 1.57. The van der Waals surface area contributed by atoms with Crippen LogP contribution in [0.3, 0.4) is 0 Å². The average Bonchev–Trinajstić information content (AvgIpc) is 2.56. The van der Waals surface area contributed by atoms with E-state index >= 15 is 0 Å². The molecule has 0 atom stereocenters. The molecule has 0 aliphatic carbocycles. The van der Waals surface area contributed by atoms with Crippen molar-refractivity contribution in [3.8, 4) is 5.75 Å². The van der Waals surface area contributed by atoms with E-state index in [1.165, 1.54) is 11.8 Å². The Morgan fingerprint density at radius 2 is 1.74 bits per heavy atom. The van der Waals surface area contributed by atoms with Crippen LogP contribution in [0.4, 0.5) is 10.5 Å². The number of rotatable bonds is 6. The molecule has 3 amide bonds. The van der Waals surface area contributed by atoms with Gasteiger partial charge in [0.15, 0.2) is 0 Å². The Bertz CT molecular complexity index is 645. The summed E-state index contributed by atoms with van der Waals surface area (Å²) in [6, 6.07) is 16.2. The van der Waals surface area contributed by atoms with Crippen molar-refractivity contribution in [2.75, 3.05) is 18.2 Å². The van der Waals surface area contributed by atoms with Crippen LogP contribution in [0.15, 0.2) is 54.6 Å². The SMILES string of the molecule is COc1ccc(NC(=O)NC(=O)CSCc2ccccc2)cc1. The maximum absolute atomic E-state index is 11.7. The van der Waals surface area contributed by atoms with Crippen molar-refractivity contribution in [2.24, 2.45) is 0 Å². The summed E-state index contributed by atoms with van der Waals surface area (Å²) in [6.45, 7) is 0. The van der Waals surface area contributed by atoms with Crippen molar-refractivity contribution < 1.29 is 14.3 Å². The molecule has 0 aromatic heterocycles. The number of carbonyl (C=O) groups excluding carboxylic acids is 2. The van der Waals surface area contributed by atoms with Gasteiger partial charge in [0.25, 0.3) is 0 Å². The topological polar surface area (TPSA) is 67.4 Å². The number of benzene rings is 2. The zero-order valence-corrected chi connectivity index (χ0v) is 13.6. The molecule has 6 heteroatoms. The number of imide groups is 1. The van der Waals surface area contributed by atoms with Crippen LogP contribution < -0.4 is 15.4 Å². The molecule has 120 valence electrons. The molecule has 0 saturated heterocycles. The van der Waals surface area contributed by atoms with E-state index in [-0.39, 0.29) is 11.7 Å². The first-order chi connectivity index (χ1) is 11.2. The highest BCUT2D eigenvalue weighted by Gasteiger charge is 2.08. The quantitative estimate of drug-likeness (QED) is 0.853. The first-order valence-corrected chi connectivity index (χ1v) is 8.19. The van der Waals surface area contributed by atoms with Gasteiger partial charge in [-0.3, -0.25) is 10.1 Å². The second kappa shape index (κ2) is 8.85. The van der Waals surface area contributed by atoms with Crippen LogP contribution in [0.1, 0.15) is 5.56 Å². The smallest absolute Gasteiger partial charge is 0.325 e. The van der Waals surface area contributed by atoms with E-state index in [2.05, 4.69) is 10.6 Å². The summed E-state index contributed by atoms with van der Waals surface area (Å²) >= 11 is 1.46. The molecule has 2 rings (SSSR count). The van der Waals surface area contributed by atoms with Crippen molar-refractivity contribution in [2.45, 2.75) is 5.75 Å². The number of hydrogen-bond acceptors (Lipinski definition) is 4. The number of carbonyl (C=O) groups is 2. The van der Waals surface area contributed by atoms with Crippen molar-refractivity contribution >= 4 is 29.4 Å². The summed E-state index contributed by atoms with van der Waals surface area (Å²) in [6.07, 6.45) is 0. The molecule has 2 aromatic carbocycles. The van der Waals surface area contributed by atoms with Gasteiger partial charge >= 0.3 is 6.03 Å². The maximum atomic E-state index is 11.7. The molecular formula is C17H18N2O3S. The first kappa shape index (κ1) is 16.9. The molecule has 0 heterocycles. The van der Waals surface area contributed by atoms with Gasteiger partial charge in [-0.05, 0) is 29.8 Å². The van der Waals surface area contributed by atoms with Gasteiger partial charge in [-0.1, -0.05) is 30.3 Å². The molecule has 2 N–H and O–H groups in total. The molecule has 0 saturated carbocycles. The number of hydrogen-bond donors (Lipinski definition) is 2. The minimum atomic E-state index is -0.541. The molecule has 0 unspecified atom stereocenters. The lowest BCUT2D eigenvalue weighted by Gasteiger charge is -2.07. The molecule has 0 aliphatic heterocycles. The van der Waals surface area contributed by atoms with E-state index in [4.69, 9.17) is 4.74 Å². The molecule has 0 radical (unpaired) electrons. The van der Waals surface area contributed by atoms with E-state index in [0.717, 1.165) is 11.3 Å². The lowest BCUT2D eigenvalue weighted by Crippen LogP contribution is -2.35. The van der Waals surface area contributed by atoms with E-state index < -0.39 is 6.03 Å². The monoisotopic (exact) mass is 330 g/mol. The third-order valence-electron chi connectivity index (χ3n) is 2.95. The van der Waals surface area contributed by atoms with Gasteiger partial charge in [0.05, 0.1) is 12.9 Å². The average molecular weight is 330 g/mol. The van der Waals surface area contributed by atoms with E-state index in [1.807, 2.05) is 30.3 Å². The third-order valence-corrected chi connectivity index (χ3v) is 3.95. The zero-order chi connectivity index (χ0) is 16.5. The van der Waals surface area contributed by atoms with Gasteiger partial charge in [0.2, 0.25) is 5.91 Å². The lowest BCUT2D eigenvalue weighted by atomic mass is 10.2. The Morgan fingerprint density at radius 1 is 1.04 bits per heavy atom. The largest absolute Gasteiger partial charge is 0.497 e. The molecule has 23 heavy (non-hydrogen) atoms. The van der Waals surface area contributed by atoms with Crippen LogP contribution in [0.2, 0.25) is 0 Å². The summed E-state index contributed by atoms with van der Waals surface area (Å²) in [5.41, 5.74) is 1.74. The highest BCUT2D eigenvalue weighted by Crippen LogP contribution is 2.15. The van der Waals surface area contributed by atoms with Crippen LogP contribution in [0.5, 0.6) is 5.75 Å². The minimum Gasteiger partial charge on any atom is -0.497 e. The third kappa shape index (κ3) is 6.04. The van der Waals surface area contributed by atoms with Gasteiger partial charge < -0.3 is 10.1 Å². The standard InChI is InChI=1S/C17H18N2O3S/c1-22-15-9-7-14(8-10-15)18-17(21)19-16(20)12-23-11-13-5-3-2-4-6-13/h2-10H,11-12H2,1H3,(H2,18,19,20,21). The Labute approximate surface area is 139 Å². The highest BCUT2D eigenvalue weighted by molar-refractivity contribution is 7.99. The van der Waals surface area contributed by atoms with Crippen molar-refractivity contribution in [3.05, 3.63) is 60.2 Å². The molecular weight excluding hydrogens is 312 g/mol. The van der Waals surface area contributed by atoms with Crippen molar-refractivity contribution in [1.29, 1.82) is 0 Å². The number of anilines is 1. The number of thioether (sulfide) groups is 1. The van der Waals surface area contributed by atoms with Crippen LogP contribution in [0.25, 0.3) is 0 Å². The van der Waals surface area contributed by atoms with Crippen molar-refractivity contribution in [3.63, 3.8) is 0 Å². The second-order valence-electron chi connectivity index (χ2n) is 4.71. The first-order valence-electron chi connectivity index (χ1n) is 7.04. The molecule has 0 spiro atoms. The van der Waals surface area contributed by atoms with Crippen LogP contribution in [0, 0.1) is 0 Å². The van der Waals surface area contributed by atoms with E-state index in [0.29, 0.717) is 11.4 Å². The van der Waals surface area contributed by atoms with Gasteiger partial charge in [-0.25, -0.2) is 4.79 Å². The summed E-state index contributed by atoms with van der Waals surface area (Å²) in [4.78, 5) is 23.4. The second-order valence-corrected chi connectivity index (χ2v) is 5.69. The molecule has 0 aliphatic rings. The predicted octanol–water partition coefficient (Wildman–Crippen LogP) is 3.28. The predicted molar refractivity (Wildman–Crippen MR) is 92.8 cm³/mol. The molecule has 0 bridgehead atoms. The molecule has 5 nitrogen and oxygen atoms in total. The lowest BCUT2D eigenvalue weighted by molar-refractivity contribution is -0.117. The Morgan fingerprint density at radius 3 is 2.39 bits per heavy atom. The number of urea groups is 1. The molecule has 0 fully saturated rings. The Balaban J connectivity index is 1.70. The van der Waals surface area contributed by atoms with Gasteiger partial charge in [0.1, 0.15) is 5.75 Å². The fraction of sp³-hybridized carbons (Fsp3) is 0.176. The van der Waals surface area contributed by atoms with Crippen LogP contribution in [-0.2, 0) is 10.5 Å². The normalized spacial score (nSPS) is 9.96. The maximum Gasteiger partial charge on any atom is 0.325 e. The number of nitrogens with one attached hydrogen (secondary N) is 2. The van der Waals surface area contributed by atoms with Gasteiger partial charge in [0, 0.05) is 11.4 Å². The minimum absolute atomic E-state index is 0.227. The molecule has 2 aromatic rings. The van der Waals surface area contributed by atoms with Crippen molar-refractivity contribution in [1.82, 2.24) is 5.32 Å². The van der Waals surface area contributed by atoms with E-state index in [9.17, 15) is 9.59 Å². The zero-order valence-electron chi connectivity index (χ0n) is 12.7. The Hall–Kier alpha value is -2.47. The summed E-state index contributed by atoms with van der Waals surface area (Å²) in [5, 5.41) is 4.90. The van der Waals surface area contributed by atoms with Crippen LogP contribution >= 0.6 is 11.8 Å². The van der Waals surface area contributed by atoms with Crippen LogP contribution in [-0.4, -0.2) is 24.8 Å². The Kier molecular flexibility index (Phi) is 6.50. The van der Waals surface area contributed by atoms with Gasteiger partial charge in [-0.15, -0.1) is 11.8 Å². The number of methoxy groups -OCH3 is 1. The summed E-state index contributed by atoms with van der Waals surface area (Å²) in [5.74, 6) is 1.33.